The number of anilines is 2. The fraction of sp³-hybridized carbons (Fsp3) is 0.171. The highest BCUT2D eigenvalue weighted by Crippen LogP contribution is 2.45. The first-order valence-corrected chi connectivity index (χ1v) is 14.3. The molecule has 1 aromatic heterocycles. The first kappa shape index (κ1) is 26.6. The van der Waals surface area contributed by atoms with E-state index in [4.69, 9.17) is 0 Å². The molecule has 43 heavy (non-hydrogen) atoms. The molecule has 7 nitrogen and oxygen atoms in total. The molecule has 4 amide bonds. The van der Waals surface area contributed by atoms with E-state index in [9.17, 15) is 18.8 Å². The number of nitrogens with zero attached hydrogens (tertiary/aromatic N) is 2. The van der Waals surface area contributed by atoms with Gasteiger partial charge < -0.3 is 10.3 Å². The second-order valence-corrected chi connectivity index (χ2v) is 11.3. The fourth-order valence-electron chi connectivity index (χ4n) is 6.30. The fourth-order valence-corrected chi connectivity index (χ4v) is 6.30. The average Bonchev–Trinajstić information content (AvgIpc) is 3.51. The molecule has 0 aliphatic carbocycles. The van der Waals surface area contributed by atoms with Crippen molar-refractivity contribution in [3.63, 3.8) is 0 Å². The van der Waals surface area contributed by atoms with Gasteiger partial charge in [-0.2, -0.15) is 0 Å². The quantitative estimate of drug-likeness (QED) is 0.219. The van der Waals surface area contributed by atoms with E-state index in [1.54, 1.807) is 41.3 Å². The molecule has 2 N–H and O–H groups in total. The molecule has 1 fully saturated rings. The number of aromatic amines is 1. The third kappa shape index (κ3) is 4.37. The molecular weight excluding hydrogens is 543 g/mol. The van der Waals surface area contributed by atoms with Crippen LogP contribution >= 0.6 is 0 Å². The Hall–Kier alpha value is -5.24. The Morgan fingerprint density at radius 2 is 1.60 bits per heavy atom. The van der Waals surface area contributed by atoms with Crippen molar-refractivity contribution in [2.24, 2.45) is 0 Å². The molecule has 7 rings (SSSR count). The van der Waals surface area contributed by atoms with Crippen LogP contribution in [0.2, 0.25) is 0 Å². The van der Waals surface area contributed by atoms with Gasteiger partial charge >= 0.3 is 6.03 Å². The summed E-state index contributed by atoms with van der Waals surface area (Å²) in [5, 5.41) is 3.89. The lowest BCUT2D eigenvalue weighted by atomic mass is 9.89. The maximum atomic E-state index is 14.3. The Morgan fingerprint density at radius 3 is 2.35 bits per heavy atom. The smallest absolute Gasteiger partial charge is 0.332 e. The maximum Gasteiger partial charge on any atom is 0.332 e. The Balaban J connectivity index is 1.28. The van der Waals surface area contributed by atoms with Gasteiger partial charge in [-0.3, -0.25) is 14.5 Å². The van der Waals surface area contributed by atoms with Crippen LogP contribution in [-0.2, 0) is 11.2 Å². The molecule has 2 aliphatic rings. The monoisotopic (exact) mass is 572 g/mol. The molecule has 0 unspecified atom stereocenters. The maximum absolute atomic E-state index is 14.3. The number of halogens is 1. The molecule has 5 aromatic rings. The van der Waals surface area contributed by atoms with Gasteiger partial charge in [-0.25, -0.2) is 14.1 Å². The van der Waals surface area contributed by atoms with Crippen LogP contribution in [0.25, 0.3) is 10.9 Å². The predicted octanol–water partition coefficient (Wildman–Crippen LogP) is 7.17. The molecule has 4 aromatic carbocycles. The van der Waals surface area contributed by atoms with Gasteiger partial charge in [0.15, 0.2) is 0 Å². The largest absolute Gasteiger partial charge is 0.356 e. The van der Waals surface area contributed by atoms with E-state index in [0.717, 1.165) is 32.6 Å². The highest BCUT2D eigenvalue weighted by molar-refractivity contribution is 6.24. The molecule has 2 aliphatic heterocycles. The van der Waals surface area contributed by atoms with Crippen LogP contribution < -0.4 is 10.2 Å². The Kier molecular flexibility index (Phi) is 6.34. The number of para-hydroxylation sites is 2. The summed E-state index contributed by atoms with van der Waals surface area (Å²) >= 11 is 0. The van der Waals surface area contributed by atoms with Crippen molar-refractivity contribution in [3.05, 3.63) is 131 Å². The number of imide groups is 1. The zero-order valence-corrected chi connectivity index (χ0v) is 23.7. The average molecular weight is 573 g/mol. The van der Waals surface area contributed by atoms with E-state index >= 15 is 0 Å². The Morgan fingerprint density at radius 1 is 0.907 bits per heavy atom. The molecule has 0 bridgehead atoms. The summed E-state index contributed by atoms with van der Waals surface area (Å²) in [5.41, 5.74) is 5.51. The number of nitrogens with one attached hydrogen (secondary N) is 2. The van der Waals surface area contributed by atoms with Crippen molar-refractivity contribution in [1.29, 1.82) is 0 Å². The topological polar surface area (TPSA) is 85.5 Å². The Labute approximate surface area is 247 Å². The van der Waals surface area contributed by atoms with Crippen molar-refractivity contribution in [2.45, 2.75) is 38.3 Å². The standard InChI is InChI=1S/C35H29FN4O3/c1-20(2)21-13-17-24(18-14-21)37-33(41)26-8-4-6-10-29(26)40-34(42)30-19-27-25-7-3-5-9-28(25)38-31(27)32(39(30)35(40)43)22-11-15-23(36)16-12-22/h3-18,20,30,32,38H,19H2,1-2H3,(H,37,41)/t30-,32-/m0/s1. The predicted molar refractivity (Wildman–Crippen MR) is 164 cm³/mol. The van der Waals surface area contributed by atoms with Gasteiger partial charge in [-0.15, -0.1) is 0 Å². The number of hydrogen-bond acceptors (Lipinski definition) is 3. The Bertz CT molecular complexity index is 1900. The number of urea groups is 1. The minimum absolute atomic E-state index is 0.208. The van der Waals surface area contributed by atoms with Crippen LogP contribution in [0.4, 0.5) is 20.6 Å². The minimum atomic E-state index is -0.797. The van der Waals surface area contributed by atoms with E-state index in [1.807, 2.05) is 48.5 Å². The van der Waals surface area contributed by atoms with Crippen LogP contribution in [-0.4, -0.2) is 33.8 Å². The van der Waals surface area contributed by atoms with Crippen LogP contribution in [0, 0.1) is 5.82 Å². The summed E-state index contributed by atoms with van der Waals surface area (Å²) in [7, 11) is 0. The van der Waals surface area contributed by atoms with Crippen molar-refractivity contribution < 1.29 is 18.8 Å². The lowest BCUT2D eigenvalue weighted by Gasteiger charge is -2.36. The van der Waals surface area contributed by atoms with E-state index in [-0.39, 0.29) is 11.3 Å². The highest BCUT2D eigenvalue weighted by atomic mass is 19.1. The van der Waals surface area contributed by atoms with Gasteiger partial charge in [0.05, 0.1) is 11.3 Å². The lowest BCUT2D eigenvalue weighted by molar-refractivity contribution is -0.120. The zero-order valence-electron chi connectivity index (χ0n) is 23.7. The molecule has 3 heterocycles. The van der Waals surface area contributed by atoms with E-state index in [2.05, 4.69) is 24.1 Å². The van der Waals surface area contributed by atoms with Crippen molar-refractivity contribution in [2.75, 3.05) is 10.2 Å². The first-order valence-electron chi connectivity index (χ1n) is 14.3. The number of aromatic nitrogens is 1. The molecule has 1 saturated heterocycles. The number of hydrogen-bond donors (Lipinski definition) is 2. The normalized spacial score (nSPS) is 17.9. The van der Waals surface area contributed by atoms with Gasteiger partial charge in [0.1, 0.15) is 17.9 Å². The molecule has 0 spiro atoms. The second kappa shape index (κ2) is 10.2. The first-order chi connectivity index (χ1) is 20.8. The summed E-state index contributed by atoms with van der Waals surface area (Å²) in [5.74, 6) is -0.870. The molecule has 0 saturated carbocycles. The van der Waals surface area contributed by atoms with Crippen LogP contribution in [0.1, 0.15) is 58.5 Å². The molecule has 214 valence electrons. The minimum Gasteiger partial charge on any atom is -0.356 e. The van der Waals surface area contributed by atoms with Gasteiger partial charge in [0, 0.05) is 28.7 Å². The molecule has 8 heteroatoms. The van der Waals surface area contributed by atoms with Crippen molar-refractivity contribution >= 4 is 40.1 Å². The number of rotatable bonds is 5. The number of carbonyl (C=O) groups excluding carboxylic acids is 3. The van der Waals surface area contributed by atoms with Gasteiger partial charge in [0.2, 0.25) is 0 Å². The van der Waals surface area contributed by atoms with Gasteiger partial charge in [-0.1, -0.05) is 68.4 Å². The van der Waals surface area contributed by atoms with Crippen molar-refractivity contribution in [1.82, 2.24) is 9.88 Å². The van der Waals surface area contributed by atoms with Crippen LogP contribution in [0.15, 0.2) is 97.1 Å². The molecule has 0 radical (unpaired) electrons. The number of amides is 4. The molecular formula is C35H29FN4O3. The number of H-pyrrole nitrogens is 1. The summed E-state index contributed by atoms with van der Waals surface area (Å²) in [6.45, 7) is 4.20. The van der Waals surface area contributed by atoms with Gasteiger partial charge in [0.25, 0.3) is 11.8 Å². The third-order valence-electron chi connectivity index (χ3n) is 8.46. The molecule has 2 atom stereocenters. The third-order valence-corrected chi connectivity index (χ3v) is 8.46. The highest BCUT2D eigenvalue weighted by Gasteiger charge is 2.53. The van der Waals surface area contributed by atoms with E-state index in [1.165, 1.54) is 12.1 Å². The summed E-state index contributed by atoms with van der Waals surface area (Å²) < 4.78 is 14.0. The summed E-state index contributed by atoms with van der Waals surface area (Å²) in [4.78, 5) is 48.1. The lowest BCUT2D eigenvalue weighted by Crippen LogP contribution is -2.44. The second-order valence-electron chi connectivity index (χ2n) is 11.3. The summed E-state index contributed by atoms with van der Waals surface area (Å²) in [6, 6.07) is 26.1. The van der Waals surface area contributed by atoms with Crippen LogP contribution in [0.5, 0.6) is 0 Å². The van der Waals surface area contributed by atoms with Crippen molar-refractivity contribution in [3.8, 4) is 0 Å². The van der Waals surface area contributed by atoms with E-state index in [0.29, 0.717) is 23.6 Å². The number of carbonyl (C=O) groups is 3. The van der Waals surface area contributed by atoms with E-state index < -0.39 is 35.7 Å². The number of benzene rings is 4. The van der Waals surface area contributed by atoms with Crippen LogP contribution in [0.3, 0.4) is 0 Å². The zero-order chi connectivity index (χ0) is 29.8. The number of fused-ring (bicyclic) bond motifs is 4. The summed E-state index contributed by atoms with van der Waals surface area (Å²) in [6.07, 6.45) is 0.314. The van der Waals surface area contributed by atoms with Gasteiger partial charge in [-0.05, 0) is 65.1 Å². The SMILES string of the molecule is CC(C)c1ccc(NC(=O)c2ccccc2N2C(=O)[C@@H]3Cc4c([nH]c5ccccc45)[C@H](c4ccc(F)cc4)N3C2=O)cc1.